The molecule has 2 aliphatic heterocycles. The van der Waals surface area contributed by atoms with Crippen molar-refractivity contribution in [2.45, 2.75) is 37.3 Å². The number of imidazole rings is 1. The number of nitrogens with zero attached hydrogens (tertiary/aromatic N) is 2. The highest BCUT2D eigenvalue weighted by molar-refractivity contribution is 8.00. The van der Waals surface area contributed by atoms with Gasteiger partial charge in [0.1, 0.15) is 6.04 Å². The van der Waals surface area contributed by atoms with Crippen LogP contribution in [0.25, 0.3) is 0 Å². The number of carbonyl (C=O) groups excluding carboxylic acids is 1. The topological polar surface area (TPSA) is 98.3 Å². The number of carboxylic acid groups (broad SMARTS) is 1. The summed E-state index contributed by atoms with van der Waals surface area (Å²) in [6, 6.07) is -1.13. The number of hydrogen-bond donors (Lipinski definition) is 3. The molecule has 3 heterocycles. The molecule has 0 bridgehead atoms. The standard InChI is InChI=1S/C12H16N4O3S/c1-6-16(10(4-20-6)12(18)19)11(17)8-2-7-9(3-13-8)15-5-14-7/h5-6,8,10,13H,2-4H2,1H3,(H,14,15)(H,18,19). The summed E-state index contributed by atoms with van der Waals surface area (Å²) >= 11 is 1.50. The van der Waals surface area contributed by atoms with Crippen molar-refractivity contribution in [2.75, 3.05) is 5.75 Å². The lowest BCUT2D eigenvalue weighted by Crippen LogP contribution is -2.54. The van der Waals surface area contributed by atoms with Crippen LogP contribution in [0.4, 0.5) is 0 Å². The number of carbonyl (C=O) groups is 2. The number of aromatic amines is 1. The van der Waals surface area contributed by atoms with Gasteiger partial charge < -0.3 is 15.0 Å². The van der Waals surface area contributed by atoms with Gasteiger partial charge in [-0.25, -0.2) is 9.78 Å². The maximum Gasteiger partial charge on any atom is 0.327 e. The van der Waals surface area contributed by atoms with Crippen LogP contribution in [0.1, 0.15) is 18.3 Å². The molecule has 1 amide bonds. The Bertz CT molecular complexity index is 547. The van der Waals surface area contributed by atoms with Crippen molar-refractivity contribution in [3.05, 3.63) is 17.7 Å². The van der Waals surface area contributed by atoms with E-state index in [-0.39, 0.29) is 11.3 Å². The molecule has 1 aromatic heterocycles. The van der Waals surface area contributed by atoms with Crippen molar-refractivity contribution in [1.82, 2.24) is 20.2 Å². The van der Waals surface area contributed by atoms with Crippen molar-refractivity contribution in [3.63, 3.8) is 0 Å². The minimum absolute atomic E-state index is 0.106. The molecule has 0 aliphatic carbocycles. The summed E-state index contributed by atoms with van der Waals surface area (Å²) in [5.41, 5.74) is 1.88. The third kappa shape index (κ3) is 2.18. The fourth-order valence-corrected chi connectivity index (χ4v) is 3.87. The summed E-state index contributed by atoms with van der Waals surface area (Å²) in [4.78, 5) is 32.6. The number of H-pyrrole nitrogens is 1. The van der Waals surface area contributed by atoms with Crippen molar-refractivity contribution >= 4 is 23.6 Å². The molecule has 108 valence electrons. The average molecular weight is 296 g/mol. The Labute approximate surface area is 120 Å². The zero-order valence-electron chi connectivity index (χ0n) is 11.0. The summed E-state index contributed by atoms with van der Waals surface area (Å²) in [6.45, 7) is 2.42. The van der Waals surface area contributed by atoms with Gasteiger partial charge in [0.25, 0.3) is 0 Å². The van der Waals surface area contributed by atoms with Crippen LogP contribution in [0.15, 0.2) is 6.33 Å². The van der Waals surface area contributed by atoms with Gasteiger partial charge in [-0.05, 0) is 6.92 Å². The summed E-state index contributed by atoms with van der Waals surface area (Å²) in [5.74, 6) is -0.641. The molecular formula is C12H16N4O3S. The lowest BCUT2D eigenvalue weighted by atomic mass is 10.0. The molecule has 7 nitrogen and oxygen atoms in total. The van der Waals surface area contributed by atoms with Gasteiger partial charge in [-0.15, -0.1) is 11.8 Å². The minimum Gasteiger partial charge on any atom is -0.480 e. The Morgan fingerprint density at radius 2 is 2.35 bits per heavy atom. The molecule has 3 rings (SSSR count). The van der Waals surface area contributed by atoms with Crippen LogP contribution >= 0.6 is 11.8 Å². The predicted molar refractivity (Wildman–Crippen MR) is 73.1 cm³/mol. The Balaban J connectivity index is 1.77. The molecule has 1 fully saturated rings. The van der Waals surface area contributed by atoms with Gasteiger partial charge in [0.2, 0.25) is 5.91 Å². The van der Waals surface area contributed by atoms with Gasteiger partial charge in [-0.3, -0.25) is 10.1 Å². The van der Waals surface area contributed by atoms with Crippen LogP contribution in [0.2, 0.25) is 0 Å². The zero-order chi connectivity index (χ0) is 14.3. The Morgan fingerprint density at radius 1 is 1.55 bits per heavy atom. The maximum atomic E-state index is 12.6. The predicted octanol–water partition coefficient (Wildman–Crippen LogP) is -0.201. The minimum atomic E-state index is -0.938. The molecule has 1 saturated heterocycles. The van der Waals surface area contributed by atoms with Gasteiger partial charge in [-0.2, -0.15) is 0 Å². The van der Waals surface area contributed by atoms with Crippen molar-refractivity contribution in [1.29, 1.82) is 0 Å². The SMILES string of the molecule is CC1SCC(C(=O)O)N1C(=O)C1Cc2nc[nH]c2CN1. The van der Waals surface area contributed by atoms with Crippen molar-refractivity contribution < 1.29 is 14.7 Å². The smallest absolute Gasteiger partial charge is 0.327 e. The zero-order valence-corrected chi connectivity index (χ0v) is 11.8. The van der Waals surface area contributed by atoms with E-state index in [1.807, 2.05) is 6.92 Å². The first kappa shape index (κ1) is 13.4. The van der Waals surface area contributed by atoms with Gasteiger partial charge in [0, 0.05) is 18.7 Å². The van der Waals surface area contributed by atoms with Gasteiger partial charge in [0.15, 0.2) is 0 Å². The van der Waals surface area contributed by atoms with E-state index in [0.29, 0.717) is 18.7 Å². The Hall–Kier alpha value is -1.54. The van der Waals surface area contributed by atoms with E-state index >= 15 is 0 Å². The first-order chi connectivity index (χ1) is 9.58. The number of thioether (sulfide) groups is 1. The molecule has 3 N–H and O–H groups in total. The van der Waals surface area contributed by atoms with E-state index in [9.17, 15) is 14.7 Å². The third-order valence-electron chi connectivity index (χ3n) is 3.79. The third-order valence-corrected chi connectivity index (χ3v) is 5.01. The quantitative estimate of drug-likeness (QED) is 0.699. The fraction of sp³-hybridized carbons (Fsp3) is 0.583. The van der Waals surface area contributed by atoms with Gasteiger partial charge in [0.05, 0.1) is 29.1 Å². The summed E-state index contributed by atoms with van der Waals surface area (Å²) in [6.07, 6.45) is 2.12. The lowest BCUT2D eigenvalue weighted by Gasteiger charge is -2.31. The molecule has 0 radical (unpaired) electrons. The molecular weight excluding hydrogens is 280 g/mol. The molecule has 0 saturated carbocycles. The Morgan fingerprint density at radius 3 is 3.10 bits per heavy atom. The second kappa shape index (κ2) is 5.10. The fourth-order valence-electron chi connectivity index (χ4n) is 2.69. The highest BCUT2D eigenvalue weighted by Crippen LogP contribution is 2.30. The Kier molecular flexibility index (Phi) is 3.43. The van der Waals surface area contributed by atoms with E-state index in [1.165, 1.54) is 16.7 Å². The van der Waals surface area contributed by atoms with Crippen LogP contribution in [-0.2, 0) is 22.6 Å². The van der Waals surface area contributed by atoms with Crippen LogP contribution in [-0.4, -0.2) is 55.1 Å². The number of amides is 1. The van der Waals surface area contributed by atoms with Crippen molar-refractivity contribution in [3.8, 4) is 0 Å². The highest BCUT2D eigenvalue weighted by atomic mass is 32.2. The van der Waals surface area contributed by atoms with E-state index < -0.39 is 18.1 Å². The lowest BCUT2D eigenvalue weighted by molar-refractivity contribution is -0.149. The number of carboxylic acids is 1. The largest absolute Gasteiger partial charge is 0.480 e. The molecule has 20 heavy (non-hydrogen) atoms. The average Bonchev–Trinajstić information content (AvgIpc) is 3.03. The molecule has 1 aromatic rings. The van der Waals surface area contributed by atoms with Crippen LogP contribution in [0.5, 0.6) is 0 Å². The molecule has 0 spiro atoms. The normalized spacial score (nSPS) is 29.2. The number of nitrogens with one attached hydrogen (secondary N) is 2. The summed E-state index contributed by atoms with van der Waals surface area (Å²) < 4.78 is 0. The summed E-state index contributed by atoms with van der Waals surface area (Å²) in [5, 5.41) is 12.3. The number of rotatable bonds is 2. The van der Waals surface area contributed by atoms with Gasteiger partial charge >= 0.3 is 5.97 Å². The maximum absolute atomic E-state index is 12.6. The first-order valence-corrected chi connectivity index (χ1v) is 7.54. The molecule has 2 aliphatic rings. The molecule has 3 atom stereocenters. The molecule has 0 aromatic carbocycles. The van der Waals surface area contributed by atoms with Crippen molar-refractivity contribution in [2.24, 2.45) is 0 Å². The van der Waals surface area contributed by atoms with E-state index in [4.69, 9.17) is 0 Å². The molecule has 3 unspecified atom stereocenters. The number of aliphatic carboxylic acids is 1. The van der Waals surface area contributed by atoms with E-state index in [2.05, 4.69) is 15.3 Å². The monoisotopic (exact) mass is 296 g/mol. The van der Waals surface area contributed by atoms with Crippen LogP contribution in [0, 0.1) is 0 Å². The number of fused-ring (bicyclic) bond motifs is 1. The number of aromatic nitrogens is 2. The second-order valence-corrected chi connectivity index (χ2v) is 6.35. The highest BCUT2D eigenvalue weighted by Gasteiger charge is 2.42. The first-order valence-electron chi connectivity index (χ1n) is 6.49. The van der Waals surface area contributed by atoms with Crippen LogP contribution in [0.3, 0.4) is 0 Å². The van der Waals surface area contributed by atoms with E-state index in [1.54, 1.807) is 6.33 Å². The van der Waals surface area contributed by atoms with Gasteiger partial charge in [-0.1, -0.05) is 0 Å². The summed E-state index contributed by atoms with van der Waals surface area (Å²) in [7, 11) is 0. The van der Waals surface area contributed by atoms with E-state index in [0.717, 1.165) is 11.4 Å². The molecule has 8 heteroatoms. The number of hydrogen-bond acceptors (Lipinski definition) is 5. The second-order valence-electron chi connectivity index (χ2n) is 5.00. The van der Waals surface area contributed by atoms with Crippen LogP contribution < -0.4 is 5.32 Å².